The molecule has 1 saturated heterocycles. The second kappa shape index (κ2) is 12.7. The normalized spacial score (nSPS) is 16.9. The average Bonchev–Trinajstić information content (AvgIpc) is 3.21. The van der Waals surface area contributed by atoms with Crippen molar-refractivity contribution < 1.29 is 4.74 Å². The van der Waals surface area contributed by atoms with Crippen molar-refractivity contribution in [1.29, 1.82) is 0 Å². The van der Waals surface area contributed by atoms with E-state index in [1.807, 2.05) is 25.2 Å². The Morgan fingerprint density at radius 1 is 1.10 bits per heavy atom. The molecule has 1 aliphatic heterocycles. The fourth-order valence-electron chi connectivity index (χ4n) is 3.64. The number of hydrogen-bond acceptors (Lipinski definition) is 3. The molecule has 158 valence electrons. The summed E-state index contributed by atoms with van der Waals surface area (Å²) in [5.41, 5.74) is 2.60. The summed E-state index contributed by atoms with van der Waals surface area (Å²) in [5, 5.41) is 6.87. The van der Waals surface area contributed by atoms with Crippen molar-refractivity contribution in [3.05, 3.63) is 65.7 Å². The number of ether oxygens (including phenoxy) is 1. The van der Waals surface area contributed by atoms with Crippen LogP contribution >= 0.6 is 24.0 Å². The van der Waals surface area contributed by atoms with Gasteiger partial charge in [-0.1, -0.05) is 42.5 Å². The van der Waals surface area contributed by atoms with Gasteiger partial charge in [-0.3, -0.25) is 4.99 Å². The Balaban J connectivity index is 0.00000300. The molecule has 2 aromatic rings. The predicted octanol–water partition coefficient (Wildman–Crippen LogP) is 3.54. The lowest BCUT2D eigenvalue weighted by molar-refractivity contribution is 0.328. The minimum absolute atomic E-state index is 0. The summed E-state index contributed by atoms with van der Waals surface area (Å²) in [5.74, 6) is 2.40. The first-order valence-corrected chi connectivity index (χ1v) is 10.1. The molecular weight excluding hydrogens is 475 g/mol. The number of aliphatic imine (C=N–C) groups is 1. The zero-order valence-corrected chi connectivity index (χ0v) is 19.8. The van der Waals surface area contributed by atoms with Gasteiger partial charge in [-0.25, -0.2) is 0 Å². The molecular formula is C23H33IN4O. The topological polar surface area (TPSA) is 48.9 Å². The fraction of sp³-hybridized carbons (Fsp3) is 0.435. The van der Waals surface area contributed by atoms with Crippen LogP contribution in [0.4, 0.5) is 0 Å². The van der Waals surface area contributed by atoms with E-state index in [0.717, 1.165) is 44.3 Å². The van der Waals surface area contributed by atoms with Gasteiger partial charge in [-0.15, -0.1) is 24.0 Å². The minimum Gasteiger partial charge on any atom is -0.497 e. The van der Waals surface area contributed by atoms with Gasteiger partial charge in [0.1, 0.15) is 5.75 Å². The number of benzene rings is 2. The van der Waals surface area contributed by atoms with Crippen LogP contribution in [0.1, 0.15) is 17.5 Å². The second-order valence-corrected chi connectivity index (χ2v) is 7.35. The van der Waals surface area contributed by atoms with Crippen LogP contribution in [0.5, 0.6) is 5.75 Å². The molecule has 2 aromatic carbocycles. The number of likely N-dealkylation sites (tertiary alicyclic amines) is 1. The Labute approximate surface area is 192 Å². The maximum atomic E-state index is 5.28. The SMILES string of the molecule is CN=C(NCc1cccc(OC)c1)NCC1CCN(CCc2ccccc2)C1.I. The van der Waals surface area contributed by atoms with Gasteiger partial charge in [0, 0.05) is 33.2 Å². The highest BCUT2D eigenvalue weighted by Crippen LogP contribution is 2.16. The molecule has 29 heavy (non-hydrogen) atoms. The lowest BCUT2D eigenvalue weighted by Crippen LogP contribution is -2.40. The highest BCUT2D eigenvalue weighted by molar-refractivity contribution is 14.0. The summed E-state index contributed by atoms with van der Waals surface area (Å²) in [6.45, 7) is 5.18. The number of nitrogens with zero attached hydrogens (tertiary/aromatic N) is 2. The van der Waals surface area contributed by atoms with E-state index < -0.39 is 0 Å². The third-order valence-electron chi connectivity index (χ3n) is 5.31. The third kappa shape index (κ3) is 7.85. The fourth-order valence-corrected chi connectivity index (χ4v) is 3.64. The Hall–Kier alpha value is -1.80. The van der Waals surface area contributed by atoms with E-state index in [1.54, 1.807) is 7.11 Å². The Morgan fingerprint density at radius 3 is 2.66 bits per heavy atom. The van der Waals surface area contributed by atoms with Crippen LogP contribution < -0.4 is 15.4 Å². The molecule has 0 aliphatic carbocycles. The van der Waals surface area contributed by atoms with E-state index in [2.05, 4.69) is 56.9 Å². The van der Waals surface area contributed by atoms with Gasteiger partial charge in [-0.2, -0.15) is 0 Å². The molecule has 0 radical (unpaired) electrons. The third-order valence-corrected chi connectivity index (χ3v) is 5.31. The smallest absolute Gasteiger partial charge is 0.191 e. The van der Waals surface area contributed by atoms with Crippen LogP contribution in [0, 0.1) is 5.92 Å². The van der Waals surface area contributed by atoms with Crippen molar-refractivity contribution >= 4 is 29.9 Å². The Morgan fingerprint density at radius 2 is 1.90 bits per heavy atom. The van der Waals surface area contributed by atoms with Gasteiger partial charge < -0.3 is 20.3 Å². The molecule has 6 heteroatoms. The number of nitrogens with one attached hydrogen (secondary N) is 2. The molecule has 3 rings (SSSR count). The minimum atomic E-state index is 0. The Kier molecular flexibility index (Phi) is 10.3. The van der Waals surface area contributed by atoms with E-state index in [1.165, 1.54) is 24.1 Å². The van der Waals surface area contributed by atoms with Gasteiger partial charge in [-0.05, 0) is 48.6 Å². The van der Waals surface area contributed by atoms with Gasteiger partial charge in [0.2, 0.25) is 0 Å². The molecule has 0 amide bonds. The predicted molar refractivity (Wildman–Crippen MR) is 131 cm³/mol. The van der Waals surface area contributed by atoms with E-state index in [9.17, 15) is 0 Å². The summed E-state index contributed by atoms with van der Waals surface area (Å²) in [6.07, 6.45) is 2.37. The molecule has 0 aromatic heterocycles. The maximum absolute atomic E-state index is 5.28. The van der Waals surface area contributed by atoms with Crippen molar-refractivity contribution in [2.75, 3.05) is 40.3 Å². The van der Waals surface area contributed by atoms with E-state index >= 15 is 0 Å². The summed E-state index contributed by atoms with van der Waals surface area (Å²) in [6, 6.07) is 18.9. The molecule has 2 N–H and O–H groups in total. The van der Waals surface area contributed by atoms with Crippen LogP contribution in [-0.2, 0) is 13.0 Å². The highest BCUT2D eigenvalue weighted by atomic mass is 127. The van der Waals surface area contributed by atoms with E-state index in [4.69, 9.17) is 4.74 Å². The first kappa shape index (κ1) is 23.5. The zero-order valence-electron chi connectivity index (χ0n) is 17.4. The van der Waals surface area contributed by atoms with Crippen molar-refractivity contribution in [1.82, 2.24) is 15.5 Å². The molecule has 0 bridgehead atoms. The number of halogens is 1. The lowest BCUT2D eigenvalue weighted by atomic mass is 10.1. The molecule has 1 atom stereocenters. The maximum Gasteiger partial charge on any atom is 0.191 e. The molecule has 5 nitrogen and oxygen atoms in total. The number of guanidine groups is 1. The summed E-state index contributed by atoms with van der Waals surface area (Å²) < 4.78 is 5.28. The van der Waals surface area contributed by atoms with Crippen LogP contribution in [-0.4, -0.2) is 51.2 Å². The van der Waals surface area contributed by atoms with Crippen LogP contribution in [0.15, 0.2) is 59.6 Å². The Bertz CT molecular complexity index is 754. The van der Waals surface area contributed by atoms with Crippen molar-refractivity contribution in [3.8, 4) is 5.75 Å². The van der Waals surface area contributed by atoms with Crippen LogP contribution in [0.3, 0.4) is 0 Å². The van der Waals surface area contributed by atoms with Crippen molar-refractivity contribution in [3.63, 3.8) is 0 Å². The summed E-state index contributed by atoms with van der Waals surface area (Å²) in [4.78, 5) is 6.93. The number of methoxy groups -OCH3 is 1. The van der Waals surface area contributed by atoms with Gasteiger partial charge in [0.15, 0.2) is 5.96 Å². The largest absolute Gasteiger partial charge is 0.497 e. The average molecular weight is 508 g/mol. The van der Waals surface area contributed by atoms with E-state index in [-0.39, 0.29) is 24.0 Å². The van der Waals surface area contributed by atoms with Crippen LogP contribution in [0.25, 0.3) is 0 Å². The molecule has 1 unspecified atom stereocenters. The standard InChI is InChI=1S/C23H32N4O.HI/c1-24-23(25-16-20-9-6-10-22(15-20)28-2)26-17-21-12-14-27(18-21)13-11-19-7-4-3-5-8-19;/h3-10,15,21H,11-14,16-18H2,1-2H3,(H2,24,25,26);1H. The number of rotatable bonds is 8. The van der Waals surface area contributed by atoms with Gasteiger partial charge in [0.05, 0.1) is 7.11 Å². The summed E-state index contributed by atoms with van der Waals surface area (Å²) in [7, 11) is 3.51. The number of hydrogen-bond donors (Lipinski definition) is 2. The first-order chi connectivity index (χ1) is 13.8. The van der Waals surface area contributed by atoms with Gasteiger partial charge in [0.25, 0.3) is 0 Å². The molecule has 1 fully saturated rings. The van der Waals surface area contributed by atoms with E-state index in [0.29, 0.717) is 5.92 Å². The summed E-state index contributed by atoms with van der Waals surface area (Å²) >= 11 is 0. The van der Waals surface area contributed by atoms with Crippen LogP contribution in [0.2, 0.25) is 0 Å². The zero-order chi connectivity index (χ0) is 19.6. The molecule has 1 aliphatic rings. The van der Waals surface area contributed by atoms with Gasteiger partial charge >= 0.3 is 0 Å². The van der Waals surface area contributed by atoms with Crippen molar-refractivity contribution in [2.45, 2.75) is 19.4 Å². The second-order valence-electron chi connectivity index (χ2n) is 7.35. The molecule has 0 spiro atoms. The lowest BCUT2D eigenvalue weighted by Gasteiger charge is -2.17. The first-order valence-electron chi connectivity index (χ1n) is 10.1. The highest BCUT2D eigenvalue weighted by Gasteiger charge is 2.22. The quantitative estimate of drug-likeness (QED) is 0.326. The molecule has 0 saturated carbocycles. The monoisotopic (exact) mass is 508 g/mol. The molecule has 1 heterocycles. The van der Waals surface area contributed by atoms with Crippen molar-refractivity contribution in [2.24, 2.45) is 10.9 Å².